The molecule has 8 nitrogen and oxygen atoms in total. The van der Waals surface area contributed by atoms with Crippen molar-refractivity contribution in [2.45, 2.75) is 63.7 Å². The molecule has 2 aromatic rings. The molecule has 0 radical (unpaired) electrons. The van der Waals surface area contributed by atoms with Gasteiger partial charge in [-0.3, -0.25) is 0 Å². The Morgan fingerprint density at radius 1 is 1.27 bits per heavy atom. The van der Waals surface area contributed by atoms with E-state index in [9.17, 15) is 9.35 Å². The average Bonchev–Trinajstić information content (AvgIpc) is 3.20. The molecule has 0 saturated carbocycles. The Bertz CT molecular complexity index is 826. The number of benzene rings is 1. The average molecular weight is 436 g/mol. The molecule has 0 aliphatic carbocycles. The smallest absolute Gasteiger partial charge is 0.410 e. The van der Waals surface area contributed by atoms with Crippen LogP contribution in [0.15, 0.2) is 33.7 Å². The zero-order valence-electron chi connectivity index (χ0n) is 17.9. The molecular weight excluding hydrogens is 406 g/mol. The van der Waals surface area contributed by atoms with Gasteiger partial charge in [0, 0.05) is 18.7 Å². The van der Waals surface area contributed by atoms with Crippen molar-refractivity contribution in [3.05, 3.63) is 30.1 Å². The highest BCUT2D eigenvalue weighted by atomic mass is 32.2. The third-order valence-electron chi connectivity index (χ3n) is 4.64. The fourth-order valence-corrected chi connectivity index (χ4v) is 3.84. The van der Waals surface area contributed by atoms with Crippen molar-refractivity contribution in [1.29, 1.82) is 0 Å². The first-order valence-corrected chi connectivity index (χ1v) is 11.5. The van der Waals surface area contributed by atoms with Gasteiger partial charge in [-0.05, 0) is 76.0 Å². The van der Waals surface area contributed by atoms with E-state index in [1.807, 2.05) is 52.0 Å². The number of aromatic nitrogens is 2. The first kappa shape index (κ1) is 22.6. The van der Waals surface area contributed by atoms with Gasteiger partial charge in [-0.15, -0.1) is 0 Å². The summed E-state index contributed by atoms with van der Waals surface area (Å²) in [5.41, 5.74) is 0.282. The lowest BCUT2D eigenvalue weighted by atomic mass is 10.1. The van der Waals surface area contributed by atoms with Crippen molar-refractivity contribution >= 4 is 17.3 Å². The van der Waals surface area contributed by atoms with Crippen LogP contribution in [0.4, 0.5) is 4.79 Å². The molecule has 0 bridgehead atoms. The molecular formula is C21H29N3O5S. The molecule has 1 aromatic carbocycles. The van der Waals surface area contributed by atoms with E-state index in [-0.39, 0.29) is 18.8 Å². The molecule has 1 atom stereocenters. The minimum atomic E-state index is -0.986. The van der Waals surface area contributed by atoms with Crippen LogP contribution in [0.3, 0.4) is 0 Å². The van der Waals surface area contributed by atoms with Crippen LogP contribution in [0, 0.1) is 0 Å². The van der Waals surface area contributed by atoms with Crippen LogP contribution in [0.2, 0.25) is 0 Å². The summed E-state index contributed by atoms with van der Waals surface area (Å²) in [6.07, 6.45) is 1.23. The highest BCUT2D eigenvalue weighted by Crippen LogP contribution is 2.22. The molecule has 30 heavy (non-hydrogen) atoms. The topological polar surface area (TPSA) is 101 Å². The predicted octanol–water partition coefficient (Wildman–Crippen LogP) is 3.78. The molecule has 164 valence electrons. The van der Waals surface area contributed by atoms with E-state index in [0.29, 0.717) is 30.6 Å². The van der Waals surface area contributed by atoms with Crippen LogP contribution >= 0.6 is 0 Å². The van der Waals surface area contributed by atoms with Gasteiger partial charge >= 0.3 is 6.09 Å². The molecule has 9 heteroatoms. The van der Waals surface area contributed by atoms with Gasteiger partial charge in [0.25, 0.3) is 5.89 Å². The van der Waals surface area contributed by atoms with E-state index in [1.165, 1.54) is 0 Å². The third-order valence-corrected chi connectivity index (χ3v) is 5.96. The lowest BCUT2D eigenvalue weighted by Gasteiger charge is -2.33. The number of likely N-dealkylation sites (tertiary alicyclic amines) is 1. The van der Waals surface area contributed by atoms with Crippen LogP contribution < -0.4 is 0 Å². The lowest BCUT2D eigenvalue weighted by molar-refractivity contribution is -0.0190. The Balaban J connectivity index is 1.47. The standard InChI is InChI=1S/C21H29N3O5S/c1-5-30(26)17-8-6-15(7-9-17)19-22-18(23-29-19)14-27-16-10-12-24(13-11-16)20(25)28-21(2,3)4/h6-9,16H,5,10-14H2,1-4H3. The summed E-state index contributed by atoms with van der Waals surface area (Å²) in [6.45, 7) is 8.92. The summed E-state index contributed by atoms with van der Waals surface area (Å²) < 4.78 is 28.5. The van der Waals surface area contributed by atoms with E-state index >= 15 is 0 Å². The lowest BCUT2D eigenvalue weighted by Crippen LogP contribution is -2.43. The van der Waals surface area contributed by atoms with Crippen molar-refractivity contribution in [2.24, 2.45) is 0 Å². The zero-order chi connectivity index (χ0) is 21.7. The maximum atomic E-state index is 12.1. The summed E-state index contributed by atoms with van der Waals surface area (Å²) in [4.78, 5) is 19.0. The van der Waals surface area contributed by atoms with E-state index in [1.54, 1.807) is 4.90 Å². The molecule has 2 heterocycles. The number of hydrogen-bond donors (Lipinski definition) is 0. The van der Waals surface area contributed by atoms with Gasteiger partial charge in [-0.2, -0.15) is 4.98 Å². The SMILES string of the molecule is CC[S+]([O-])c1ccc(-c2nc(COC3CCN(C(=O)OC(C)(C)C)CC3)no2)cc1. The molecule has 1 unspecified atom stereocenters. The second-order valence-electron chi connectivity index (χ2n) is 8.15. The quantitative estimate of drug-likeness (QED) is 0.636. The molecule has 1 aromatic heterocycles. The van der Waals surface area contributed by atoms with Crippen LogP contribution in [0.1, 0.15) is 46.4 Å². The van der Waals surface area contributed by atoms with Crippen LogP contribution in [-0.2, 0) is 27.3 Å². The largest absolute Gasteiger partial charge is 0.611 e. The summed E-state index contributed by atoms with van der Waals surface area (Å²) in [5, 5.41) is 3.98. The fourth-order valence-electron chi connectivity index (χ4n) is 3.07. The molecule has 1 aliphatic rings. The van der Waals surface area contributed by atoms with Crippen molar-refractivity contribution < 1.29 is 23.3 Å². The van der Waals surface area contributed by atoms with Gasteiger partial charge < -0.3 is 23.4 Å². The van der Waals surface area contributed by atoms with E-state index in [4.69, 9.17) is 14.0 Å². The molecule has 1 saturated heterocycles. The number of carbonyl (C=O) groups is 1. The van der Waals surface area contributed by atoms with Crippen molar-refractivity contribution in [1.82, 2.24) is 15.0 Å². The Kier molecular flexibility index (Phi) is 7.38. The predicted molar refractivity (Wildman–Crippen MR) is 112 cm³/mol. The zero-order valence-corrected chi connectivity index (χ0v) is 18.7. The monoisotopic (exact) mass is 435 g/mol. The normalized spacial score (nSPS) is 16.5. The van der Waals surface area contributed by atoms with Crippen LogP contribution in [0.5, 0.6) is 0 Å². The molecule has 1 amide bonds. The van der Waals surface area contributed by atoms with Gasteiger partial charge in [0.15, 0.2) is 10.7 Å². The third kappa shape index (κ3) is 6.20. The van der Waals surface area contributed by atoms with E-state index in [2.05, 4.69) is 10.1 Å². The number of nitrogens with zero attached hydrogens (tertiary/aromatic N) is 3. The minimum absolute atomic E-state index is 0.0361. The number of ether oxygens (including phenoxy) is 2. The second-order valence-corrected chi connectivity index (χ2v) is 9.89. The van der Waals surface area contributed by atoms with Gasteiger partial charge in [0.2, 0.25) is 0 Å². The summed E-state index contributed by atoms with van der Waals surface area (Å²) in [7, 11) is 0. The summed E-state index contributed by atoms with van der Waals surface area (Å²) in [6, 6.07) is 7.28. The highest BCUT2D eigenvalue weighted by molar-refractivity contribution is 7.91. The molecule has 1 aliphatic heterocycles. The fraction of sp³-hybridized carbons (Fsp3) is 0.571. The number of amides is 1. The first-order chi connectivity index (χ1) is 14.2. The van der Waals surface area contributed by atoms with Crippen LogP contribution in [-0.4, -0.2) is 56.2 Å². The molecule has 1 fully saturated rings. The maximum Gasteiger partial charge on any atom is 0.410 e. The van der Waals surface area contributed by atoms with Gasteiger partial charge in [0.1, 0.15) is 18.0 Å². The highest BCUT2D eigenvalue weighted by Gasteiger charge is 2.27. The number of piperidine rings is 1. The maximum absolute atomic E-state index is 12.1. The van der Waals surface area contributed by atoms with E-state index in [0.717, 1.165) is 23.3 Å². The van der Waals surface area contributed by atoms with Crippen molar-refractivity contribution in [2.75, 3.05) is 18.8 Å². The summed E-state index contributed by atoms with van der Waals surface area (Å²) in [5.74, 6) is 1.46. The van der Waals surface area contributed by atoms with Gasteiger partial charge in [-0.25, -0.2) is 4.79 Å². The first-order valence-electron chi connectivity index (χ1n) is 10.2. The summed E-state index contributed by atoms with van der Waals surface area (Å²) >= 11 is -0.986. The minimum Gasteiger partial charge on any atom is -0.611 e. The Morgan fingerprint density at radius 2 is 1.93 bits per heavy atom. The number of carbonyl (C=O) groups excluding carboxylic acids is 1. The second kappa shape index (κ2) is 9.80. The Labute approximate surface area is 180 Å². The number of rotatable bonds is 6. The van der Waals surface area contributed by atoms with Gasteiger partial charge in [0.05, 0.1) is 6.10 Å². The van der Waals surface area contributed by atoms with Gasteiger partial charge in [-0.1, -0.05) is 5.16 Å². The van der Waals surface area contributed by atoms with E-state index < -0.39 is 16.8 Å². The Morgan fingerprint density at radius 3 is 2.53 bits per heavy atom. The number of hydrogen-bond acceptors (Lipinski definition) is 7. The van der Waals surface area contributed by atoms with Crippen molar-refractivity contribution in [3.63, 3.8) is 0 Å². The molecule has 0 N–H and O–H groups in total. The molecule has 3 rings (SSSR count). The Hall–Kier alpha value is -2.10. The van der Waals surface area contributed by atoms with Crippen LogP contribution in [0.25, 0.3) is 11.5 Å². The molecule has 0 spiro atoms. The van der Waals surface area contributed by atoms with Crippen molar-refractivity contribution in [3.8, 4) is 11.5 Å².